The highest BCUT2D eigenvalue weighted by Crippen LogP contribution is 2.21. The van der Waals surface area contributed by atoms with Gasteiger partial charge in [-0.15, -0.1) is 0 Å². The van der Waals surface area contributed by atoms with Crippen molar-refractivity contribution < 1.29 is 23.1 Å². The topological polar surface area (TPSA) is 91.8 Å². The van der Waals surface area contributed by atoms with Crippen molar-refractivity contribution in [3.05, 3.63) is 34.3 Å². The summed E-state index contributed by atoms with van der Waals surface area (Å²) < 4.78 is 23.8. The van der Waals surface area contributed by atoms with Gasteiger partial charge >= 0.3 is 5.97 Å². The summed E-state index contributed by atoms with van der Waals surface area (Å²) in [5.41, 5.74) is 0.329. The van der Waals surface area contributed by atoms with Crippen LogP contribution >= 0.6 is 15.9 Å². The van der Waals surface area contributed by atoms with Crippen molar-refractivity contribution in [3.63, 3.8) is 0 Å². The predicted molar refractivity (Wildman–Crippen MR) is 79.9 cm³/mol. The van der Waals surface area contributed by atoms with Crippen LogP contribution in [0.4, 0.5) is 0 Å². The van der Waals surface area contributed by atoms with E-state index in [1.165, 1.54) is 0 Å². The van der Waals surface area contributed by atoms with Crippen LogP contribution in [0.2, 0.25) is 0 Å². The van der Waals surface area contributed by atoms with Gasteiger partial charge in [-0.05, 0) is 24.6 Å². The molecule has 114 valence electrons. The van der Waals surface area contributed by atoms with Crippen molar-refractivity contribution in [3.8, 4) is 0 Å². The molecule has 0 spiro atoms. The zero-order chi connectivity index (χ0) is 15.6. The molecule has 1 unspecified atom stereocenters. The Balaban J connectivity index is 2.28. The first-order valence-corrected chi connectivity index (χ1v) is 8.89. The van der Waals surface area contributed by atoms with E-state index >= 15 is 0 Å². The molecule has 1 aromatic carbocycles. The quantitative estimate of drug-likeness (QED) is 0.852. The monoisotopic (exact) mass is 375 g/mol. The van der Waals surface area contributed by atoms with Crippen LogP contribution in [0, 0.1) is 0 Å². The Morgan fingerprint density at radius 2 is 2.10 bits per heavy atom. The molecule has 0 saturated carbocycles. The highest BCUT2D eigenvalue weighted by atomic mass is 79.9. The van der Waals surface area contributed by atoms with Crippen molar-refractivity contribution >= 4 is 37.6 Å². The van der Waals surface area contributed by atoms with Crippen LogP contribution in [0.3, 0.4) is 0 Å². The number of hydrogen-bond acceptors (Lipinski definition) is 4. The fourth-order valence-electron chi connectivity index (χ4n) is 2.32. The molecule has 1 saturated heterocycles. The van der Waals surface area contributed by atoms with Gasteiger partial charge in [0.1, 0.15) is 6.54 Å². The van der Waals surface area contributed by atoms with E-state index < -0.39 is 34.3 Å². The Labute approximate surface area is 130 Å². The Bertz CT molecular complexity index is 673. The molecule has 1 aromatic rings. The van der Waals surface area contributed by atoms with Crippen LogP contribution in [-0.4, -0.2) is 54.4 Å². The van der Waals surface area contributed by atoms with Crippen LogP contribution in [0.15, 0.2) is 28.7 Å². The molecule has 1 amide bonds. The summed E-state index contributed by atoms with van der Waals surface area (Å²) in [6.45, 7) is -0.508. The van der Waals surface area contributed by atoms with Crippen molar-refractivity contribution in [2.24, 2.45) is 0 Å². The summed E-state index contributed by atoms with van der Waals surface area (Å²) in [4.78, 5) is 24.6. The number of carbonyl (C=O) groups is 2. The van der Waals surface area contributed by atoms with Gasteiger partial charge in [-0.1, -0.05) is 22.0 Å². The van der Waals surface area contributed by atoms with E-state index in [0.29, 0.717) is 10.0 Å². The smallest absolute Gasteiger partial charge is 0.323 e. The first-order valence-electron chi connectivity index (χ1n) is 6.27. The van der Waals surface area contributed by atoms with Crippen molar-refractivity contribution in [1.82, 2.24) is 4.90 Å². The summed E-state index contributed by atoms with van der Waals surface area (Å²) in [7, 11) is -3.20. The second kappa shape index (κ2) is 6.15. The van der Waals surface area contributed by atoms with Gasteiger partial charge in [-0.2, -0.15) is 0 Å². The Morgan fingerprint density at radius 3 is 2.62 bits per heavy atom. The lowest BCUT2D eigenvalue weighted by Crippen LogP contribution is -2.44. The van der Waals surface area contributed by atoms with Gasteiger partial charge < -0.3 is 10.0 Å². The fourth-order valence-corrected chi connectivity index (χ4v) is 4.45. The van der Waals surface area contributed by atoms with E-state index in [-0.39, 0.29) is 17.9 Å². The number of sulfone groups is 1. The van der Waals surface area contributed by atoms with Gasteiger partial charge in [0.15, 0.2) is 9.84 Å². The maximum absolute atomic E-state index is 12.5. The summed E-state index contributed by atoms with van der Waals surface area (Å²) in [5.74, 6) is -1.83. The molecule has 1 aliphatic heterocycles. The molecule has 1 aliphatic rings. The molecule has 1 atom stereocenters. The molecule has 1 N–H and O–H groups in total. The van der Waals surface area contributed by atoms with Gasteiger partial charge in [0, 0.05) is 16.1 Å². The number of benzene rings is 1. The Morgan fingerprint density at radius 1 is 1.38 bits per heavy atom. The van der Waals surface area contributed by atoms with Crippen LogP contribution < -0.4 is 0 Å². The van der Waals surface area contributed by atoms with Crippen molar-refractivity contribution in [2.45, 2.75) is 12.5 Å². The maximum Gasteiger partial charge on any atom is 0.323 e. The summed E-state index contributed by atoms with van der Waals surface area (Å²) in [5, 5.41) is 8.97. The average molecular weight is 376 g/mol. The third kappa shape index (κ3) is 4.04. The molecule has 0 radical (unpaired) electrons. The fraction of sp³-hybridized carbons (Fsp3) is 0.385. The zero-order valence-electron chi connectivity index (χ0n) is 11.0. The van der Waals surface area contributed by atoms with E-state index in [9.17, 15) is 18.0 Å². The van der Waals surface area contributed by atoms with E-state index in [0.717, 1.165) is 4.90 Å². The van der Waals surface area contributed by atoms with Crippen LogP contribution in [0.5, 0.6) is 0 Å². The average Bonchev–Trinajstić information content (AvgIpc) is 2.75. The molecule has 1 fully saturated rings. The third-order valence-corrected chi connectivity index (χ3v) is 5.53. The van der Waals surface area contributed by atoms with Crippen LogP contribution in [0.1, 0.15) is 16.8 Å². The number of aliphatic carboxylic acids is 1. The van der Waals surface area contributed by atoms with Gasteiger partial charge in [0.2, 0.25) is 0 Å². The van der Waals surface area contributed by atoms with Crippen LogP contribution in [-0.2, 0) is 14.6 Å². The normalized spacial score (nSPS) is 20.1. The molecule has 2 rings (SSSR count). The minimum absolute atomic E-state index is 0.0143. The van der Waals surface area contributed by atoms with E-state index in [1.807, 2.05) is 0 Å². The minimum atomic E-state index is -3.20. The van der Waals surface area contributed by atoms with Crippen LogP contribution in [0.25, 0.3) is 0 Å². The lowest BCUT2D eigenvalue weighted by Gasteiger charge is -2.26. The molecule has 0 aliphatic carbocycles. The largest absolute Gasteiger partial charge is 0.480 e. The number of halogens is 1. The van der Waals surface area contributed by atoms with Crippen molar-refractivity contribution in [2.75, 3.05) is 18.1 Å². The summed E-state index contributed by atoms with van der Waals surface area (Å²) in [6, 6.07) is 5.99. The summed E-state index contributed by atoms with van der Waals surface area (Å²) in [6.07, 6.45) is 0.273. The number of rotatable bonds is 4. The molecule has 6 nitrogen and oxygen atoms in total. The number of amides is 1. The highest BCUT2D eigenvalue weighted by molar-refractivity contribution is 9.10. The number of carboxylic acids is 1. The number of nitrogens with zero attached hydrogens (tertiary/aromatic N) is 1. The Hall–Kier alpha value is -1.41. The van der Waals surface area contributed by atoms with E-state index in [2.05, 4.69) is 15.9 Å². The van der Waals surface area contributed by atoms with Crippen molar-refractivity contribution in [1.29, 1.82) is 0 Å². The molecule has 1 heterocycles. The Kier molecular flexibility index (Phi) is 4.67. The lowest BCUT2D eigenvalue weighted by atomic mass is 10.1. The molecule has 21 heavy (non-hydrogen) atoms. The number of hydrogen-bond donors (Lipinski definition) is 1. The molecule has 8 heteroatoms. The second-order valence-electron chi connectivity index (χ2n) is 4.89. The summed E-state index contributed by atoms with van der Waals surface area (Å²) >= 11 is 3.25. The third-order valence-electron chi connectivity index (χ3n) is 3.29. The molecular formula is C13H14BrNO5S. The van der Waals surface area contributed by atoms with Gasteiger partial charge in [0.05, 0.1) is 11.5 Å². The van der Waals surface area contributed by atoms with Gasteiger partial charge in [0.25, 0.3) is 5.91 Å². The molecule has 0 aromatic heterocycles. The number of carbonyl (C=O) groups excluding carboxylic acids is 1. The first kappa shape index (κ1) is 16.0. The SMILES string of the molecule is O=C(O)CN(C(=O)c1cccc(Br)c1)C1CCS(=O)(=O)C1. The maximum atomic E-state index is 12.5. The second-order valence-corrected chi connectivity index (χ2v) is 8.04. The van der Waals surface area contributed by atoms with E-state index in [1.54, 1.807) is 24.3 Å². The van der Waals surface area contributed by atoms with Gasteiger partial charge in [-0.25, -0.2) is 8.42 Å². The highest BCUT2D eigenvalue weighted by Gasteiger charge is 2.35. The minimum Gasteiger partial charge on any atom is -0.480 e. The standard InChI is InChI=1S/C13H14BrNO5S/c14-10-3-1-2-9(6-10)13(18)15(7-12(16)17)11-4-5-21(19,20)8-11/h1-3,6,11H,4-5,7-8H2,(H,16,17). The number of carboxylic acid groups (broad SMARTS) is 1. The van der Waals surface area contributed by atoms with Gasteiger partial charge in [-0.3, -0.25) is 9.59 Å². The molecule has 0 bridgehead atoms. The predicted octanol–water partition coefficient (Wildman–Crippen LogP) is 1.16. The lowest BCUT2D eigenvalue weighted by molar-refractivity contribution is -0.138. The first-order chi connectivity index (χ1) is 9.78. The van der Waals surface area contributed by atoms with E-state index in [4.69, 9.17) is 5.11 Å². The molecular weight excluding hydrogens is 362 g/mol. The zero-order valence-corrected chi connectivity index (χ0v) is 13.4.